The molecule has 2 aromatic carbocycles. The molecule has 1 unspecified atom stereocenters. The molecule has 0 aromatic heterocycles. The standard InChI is InChI=1S/C22H22ClNO6/c1-29-15-8-6-14(7-9-15)20(26)18-19(16-4-2-3-5-17(16)23)24(22(28)21(18)27)10-12-30-13-11-25/h2-9,19,25-26H,10-13H2,1H3. The van der Waals surface area contributed by atoms with E-state index in [0.29, 0.717) is 21.9 Å². The Kier molecular flexibility index (Phi) is 7.10. The summed E-state index contributed by atoms with van der Waals surface area (Å²) < 4.78 is 10.4. The van der Waals surface area contributed by atoms with Gasteiger partial charge in [0.25, 0.3) is 11.7 Å². The van der Waals surface area contributed by atoms with Crippen LogP contribution in [0.3, 0.4) is 0 Å². The van der Waals surface area contributed by atoms with Crippen LogP contribution in [0.2, 0.25) is 5.02 Å². The number of hydrogen-bond acceptors (Lipinski definition) is 6. The number of carbonyl (C=O) groups excluding carboxylic acids is 2. The monoisotopic (exact) mass is 431 g/mol. The fraction of sp³-hybridized carbons (Fsp3) is 0.273. The van der Waals surface area contributed by atoms with Crippen molar-refractivity contribution in [2.75, 3.05) is 33.5 Å². The normalized spacial score (nSPS) is 18.1. The van der Waals surface area contributed by atoms with Crippen molar-refractivity contribution in [3.63, 3.8) is 0 Å². The number of likely N-dealkylation sites (tertiary alicyclic amines) is 1. The number of methoxy groups -OCH3 is 1. The summed E-state index contributed by atoms with van der Waals surface area (Å²) in [4.78, 5) is 27.0. The summed E-state index contributed by atoms with van der Waals surface area (Å²) in [6.07, 6.45) is 0. The molecule has 0 aliphatic carbocycles. The molecule has 1 amide bonds. The molecule has 0 bridgehead atoms. The van der Waals surface area contributed by atoms with Crippen molar-refractivity contribution in [1.29, 1.82) is 0 Å². The Balaban J connectivity index is 2.07. The molecule has 1 aliphatic heterocycles. The van der Waals surface area contributed by atoms with Gasteiger partial charge in [-0.1, -0.05) is 29.8 Å². The van der Waals surface area contributed by atoms with E-state index in [-0.39, 0.29) is 37.7 Å². The number of ketones is 1. The van der Waals surface area contributed by atoms with Crippen LogP contribution in [-0.4, -0.2) is 60.3 Å². The molecule has 1 heterocycles. The summed E-state index contributed by atoms with van der Waals surface area (Å²) in [6, 6.07) is 12.5. The first-order valence-corrected chi connectivity index (χ1v) is 9.73. The third-order valence-electron chi connectivity index (χ3n) is 4.82. The summed E-state index contributed by atoms with van der Waals surface area (Å²) in [5.41, 5.74) is 0.860. The minimum atomic E-state index is -0.862. The first-order valence-electron chi connectivity index (χ1n) is 9.35. The minimum absolute atomic E-state index is 0.0413. The molecular formula is C22H22ClNO6. The number of ether oxygens (including phenoxy) is 2. The highest BCUT2D eigenvalue weighted by molar-refractivity contribution is 6.47. The van der Waals surface area contributed by atoms with E-state index in [1.54, 1.807) is 48.5 Å². The Labute approximate surface area is 179 Å². The van der Waals surface area contributed by atoms with Gasteiger partial charge in [0.15, 0.2) is 0 Å². The second kappa shape index (κ2) is 9.75. The number of aliphatic hydroxyl groups excluding tert-OH is 2. The Bertz CT molecular complexity index is 956. The van der Waals surface area contributed by atoms with Gasteiger partial charge in [-0.05, 0) is 35.9 Å². The van der Waals surface area contributed by atoms with E-state index in [9.17, 15) is 14.7 Å². The van der Waals surface area contributed by atoms with Crippen LogP contribution in [0.4, 0.5) is 0 Å². The molecule has 1 atom stereocenters. The number of amides is 1. The zero-order valence-electron chi connectivity index (χ0n) is 16.4. The van der Waals surface area contributed by atoms with Crippen LogP contribution < -0.4 is 4.74 Å². The van der Waals surface area contributed by atoms with Crippen molar-refractivity contribution in [1.82, 2.24) is 4.90 Å². The largest absolute Gasteiger partial charge is 0.507 e. The van der Waals surface area contributed by atoms with Gasteiger partial charge < -0.3 is 24.6 Å². The van der Waals surface area contributed by atoms with Gasteiger partial charge in [-0.15, -0.1) is 0 Å². The van der Waals surface area contributed by atoms with Crippen LogP contribution in [0.1, 0.15) is 17.2 Å². The topological polar surface area (TPSA) is 96.3 Å². The van der Waals surface area contributed by atoms with Gasteiger partial charge in [0.05, 0.1) is 38.5 Å². The van der Waals surface area contributed by atoms with Crippen molar-refractivity contribution in [3.05, 3.63) is 70.3 Å². The van der Waals surface area contributed by atoms with Gasteiger partial charge >= 0.3 is 0 Å². The second-order valence-corrected chi connectivity index (χ2v) is 6.99. The summed E-state index contributed by atoms with van der Waals surface area (Å²) in [6.45, 7) is 0.188. The number of hydrogen-bond donors (Lipinski definition) is 2. The molecule has 158 valence electrons. The first kappa shape index (κ1) is 21.8. The lowest BCUT2D eigenvalue weighted by Crippen LogP contribution is -2.33. The third-order valence-corrected chi connectivity index (χ3v) is 5.16. The van der Waals surface area contributed by atoms with Gasteiger partial charge in [-0.25, -0.2) is 0 Å². The number of nitrogens with zero attached hydrogens (tertiary/aromatic N) is 1. The van der Waals surface area contributed by atoms with E-state index in [0.717, 1.165) is 0 Å². The maximum absolute atomic E-state index is 12.9. The Morgan fingerprint density at radius 2 is 1.80 bits per heavy atom. The fourth-order valence-corrected chi connectivity index (χ4v) is 3.60. The maximum atomic E-state index is 12.9. The lowest BCUT2D eigenvalue weighted by Gasteiger charge is -2.26. The third kappa shape index (κ3) is 4.33. The van der Waals surface area contributed by atoms with E-state index in [1.807, 2.05) is 0 Å². The molecule has 0 radical (unpaired) electrons. The average molecular weight is 432 g/mol. The van der Waals surface area contributed by atoms with E-state index in [1.165, 1.54) is 12.0 Å². The number of aliphatic hydroxyl groups is 2. The molecule has 1 saturated heterocycles. The van der Waals surface area contributed by atoms with E-state index in [4.69, 9.17) is 26.2 Å². The van der Waals surface area contributed by atoms with Crippen molar-refractivity contribution in [2.24, 2.45) is 0 Å². The quantitative estimate of drug-likeness (QED) is 0.289. The highest BCUT2D eigenvalue weighted by Crippen LogP contribution is 2.41. The molecule has 7 nitrogen and oxygen atoms in total. The molecule has 8 heteroatoms. The molecule has 0 spiro atoms. The lowest BCUT2D eigenvalue weighted by atomic mass is 9.95. The van der Waals surface area contributed by atoms with E-state index >= 15 is 0 Å². The molecule has 3 rings (SSSR count). The number of benzene rings is 2. The molecule has 30 heavy (non-hydrogen) atoms. The van der Waals surface area contributed by atoms with Crippen LogP contribution in [0.5, 0.6) is 5.75 Å². The minimum Gasteiger partial charge on any atom is -0.507 e. The Hall–Kier alpha value is -2.87. The van der Waals surface area contributed by atoms with E-state index < -0.39 is 17.7 Å². The number of rotatable bonds is 8. The van der Waals surface area contributed by atoms with Crippen molar-refractivity contribution >= 4 is 29.1 Å². The Morgan fingerprint density at radius 1 is 1.10 bits per heavy atom. The maximum Gasteiger partial charge on any atom is 0.295 e. The smallest absolute Gasteiger partial charge is 0.295 e. The number of carbonyl (C=O) groups is 2. The predicted molar refractivity (Wildman–Crippen MR) is 111 cm³/mol. The van der Waals surface area contributed by atoms with Gasteiger partial charge in [0, 0.05) is 17.1 Å². The molecule has 0 saturated carbocycles. The highest BCUT2D eigenvalue weighted by atomic mass is 35.5. The molecule has 2 N–H and O–H groups in total. The van der Waals surface area contributed by atoms with Crippen LogP contribution in [0, 0.1) is 0 Å². The molecule has 1 fully saturated rings. The molecule has 2 aromatic rings. The fourth-order valence-electron chi connectivity index (χ4n) is 3.36. The second-order valence-electron chi connectivity index (χ2n) is 6.58. The van der Waals surface area contributed by atoms with Gasteiger partial charge in [-0.2, -0.15) is 0 Å². The van der Waals surface area contributed by atoms with Crippen molar-refractivity contribution < 1.29 is 29.3 Å². The number of Topliss-reactive ketones (excluding diaryl/α,β-unsaturated/α-hetero) is 1. The summed E-state index contributed by atoms with van der Waals surface area (Å²) in [5.74, 6) is -1.24. The molecule has 1 aliphatic rings. The first-order chi connectivity index (χ1) is 14.5. The lowest BCUT2D eigenvalue weighted by molar-refractivity contribution is -0.140. The summed E-state index contributed by atoms with van der Waals surface area (Å²) in [7, 11) is 1.52. The van der Waals surface area contributed by atoms with Gasteiger partial charge in [-0.3, -0.25) is 9.59 Å². The van der Waals surface area contributed by atoms with Crippen molar-refractivity contribution in [3.8, 4) is 5.75 Å². The SMILES string of the molecule is COc1ccc(C(O)=C2C(=O)C(=O)N(CCOCCO)C2c2ccccc2Cl)cc1. The van der Waals surface area contributed by atoms with Gasteiger partial charge in [0.2, 0.25) is 0 Å². The van der Waals surface area contributed by atoms with Crippen LogP contribution in [-0.2, 0) is 14.3 Å². The van der Waals surface area contributed by atoms with Crippen LogP contribution in [0.15, 0.2) is 54.1 Å². The van der Waals surface area contributed by atoms with E-state index in [2.05, 4.69) is 0 Å². The zero-order chi connectivity index (χ0) is 21.7. The molecular weight excluding hydrogens is 410 g/mol. The van der Waals surface area contributed by atoms with Crippen LogP contribution >= 0.6 is 11.6 Å². The Morgan fingerprint density at radius 3 is 2.43 bits per heavy atom. The summed E-state index contributed by atoms with van der Waals surface area (Å²) in [5, 5.41) is 20.2. The van der Waals surface area contributed by atoms with Crippen LogP contribution in [0.25, 0.3) is 5.76 Å². The number of halogens is 1. The van der Waals surface area contributed by atoms with Crippen molar-refractivity contribution in [2.45, 2.75) is 6.04 Å². The summed E-state index contributed by atoms with van der Waals surface area (Å²) >= 11 is 6.37. The average Bonchev–Trinajstić information content (AvgIpc) is 3.01. The highest BCUT2D eigenvalue weighted by Gasteiger charge is 2.46. The zero-order valence-corrected chi connectivity index (χ0v) is 17.1. The van der Waals surface area contributed by atoms with Gasteiger partial charge in [0.1, 0.15) is 11.5 Å². The predicted octanol–water partition coefficient (Wildman–Crippen LogP) is 2.78.